The minimum Gasteiger partial charge on any atom is -0.465 e. The van der Waals surface area contributed by atoms with Gasteiger partial charge in [0.25, 0.3) is 5.56 Å². The summed E-state index contributed by atoms with van der Waals surface area (Å²) in [5, 5.41) is 22.7. The van der Waals surface area contributed by atoms with Gasteiger partial charge in [-0.25, -0.2) is 9.78 Å². The maximum Gasteiger partial charge on any atom is 0.407 e. The highest BCUT2D eigenvalue weighted by atomic mass is 16.4. The number of amides is 1. The van der Waals surface area contributed by atoms with E-state index in [9.17, 15) is 14.9 Å². The van der Waals surface area contributed by atoms with Crippen LogP contribution >= 0.6 is 0 Å². The number of aromatic nitrogens is 3. The number of nitrogens with zero attached hydrogens (tertiary/aromatic N) is 6. The largest absolute Gasteiger partial charge is 0.465 e. The maximum absolute atomic E-state index is 12.7. The molecule has 1 aliphatic rings. The van der Waals surface area contributed by atoms with Crippen LogP contribution in [0.25, 0.3) is 11.0 Å². The summed E-state index contributed by atoms with van der Waals surface area (Å²) in [6.45, 7) is 11.8. The minimum absolute atomic E-state index is 0.136. The molecule has 1 unspecified atom stereocenters. The van der Waals surface area contributed by atoms with E-state index in [1.165, 1.54) is 11.0 Å². The van der Waals surface area contributed by atoms with Crippen LogP contribution in [-0.4, -0.2) is 61.7 Å². The van der Waals surface area contributed by atoms with Crippen molar-refractivity contribution >= 4 is 23.1 Å². The predicted octanol–water partition coefficient (Wildman–Crippen LogP) is 3.68. The number of hydrogen-bond acceptors (Lipinski definition) is 7. The Bertz CT molecular complexity index is 1380. The fourth-order valence-corrected chi connectivity index (χ4v) is 4.49. The quantitative estimate of drug-likeness (QED) is 0.522. The van der Waals surface area contributed by atoms with Crippen LogP contribution in [0.2, 0.25) is 0 Å². The van der Waals surface area contributed by atoms with Gasteiger partial charge in [0.15, 0.2) is 5.69 Å². The number of anilines is 1. The molecule has 1 amide bonds. The summed E-state index contributed by atoms with van der Waals surface area (Å²) in [6, 6.07) is 13.3. The summed E-state index contributed by atoms with van der Waals surface area (Å²) in [7, 11) is 0. The molecule has 0 bridgehead atoms. The molecule has 10 heteroatoms. The fourth-order valence-electron chi connectivity index (χ4n) is 4.49. The smallest absolute Gasteiger partial charge is 0.407 e. The number of nitriles is 1. The lowest BCUT2D eigenvalue weighted by Gasteiger charge is -2.33. The molecule has 1 saturated heterocycles. The number of fused-ring (bicyclic) bond motifs is 1. The Labute approximate surface area is 216 Å². The van der Waals surface area contributed by atoms with Gasteiger partial charge in [-0.15, -0.1) is 0 Å². The normalized spacial score (nSPS) is 15.4. The van der Waals surface area contributed by atoms with E-state index in [-0.39, 0.29) is 22.7 Å². The SMILES string of the molecule is CC(Nc1nc(C#N)c2ccc(=O)n(CC(C)(C)C)c2n1)c1ccc(CN2CCN(C(=O)O)CC2)cc1. The molecular weight excluding hydrogens is 470 g/mol. The summed E-state index contributed by atoms with van der Waals surface area (Å²) in [5.74, 6) is 0.296. The molecule has 194 valence electrons. The van der Waals surface area contributed by atoms with E-state index in [1.54, 1.807) is 10.6 Å². The van der Waals surface area contributed by atoms with Gasteiger partial charge in [-0.2, -0.15) is 10.2 Å². The zero-order valence-electron chi connectivity index (χ0n) is 21.7. The summed E-state index contributed by atoms with van der Waals surface area (Å²) in [4.78, 5) is 36.5. The van der Waals surface area contributed by atoms with Crippen molar-refractivity contribution in [1.29, 1.82) is 5.26 Å². The number of carboxylic acid groups (broad SMARTS) is 1. The lowest BCUT2D eigenvalue weighted by molar-refractivity contribution is 0.103. The zero-order chi connectivity index (χ0) is 26.7. The van der Waals surface area contributed by atoms with Crippen molar-refractivity contribution in [2.75, 3.05) is 31.5 Å². The number of hydrogen-bond donors (Lipinski definition) is 2. The molecule has 1 fully saturated rings. The lowest BCUT2D eigenvalue weighted by atomic mass is 9.96. The minimum atomic E-state index is -0.861. The van der Waals surface area contributed by atoms with Crippen molar-refractivity contribution in [2.45, 2.75) is 46.8 Å². The Kier molecular flexibility index (Phi) is 7.45. The Balaban J connectivity index is 1.50. The zero-order valence-corrected chi connectivity index (χ0v) is 21.7. The van der Waals surface area contributed by atoms with Crippen molar-refractivity contribution in [3.05, 3.63) is 63.6 Å². The van der Waals surface area contributed by atoms with Crippen molar-refractivity contribution in [2.24, 2.45) is 5.41 Å². The van der Waals surface area contributed by atoms with Gasteiger partial charge in [0.1, 0.15) is 11.7 Å². The first kappa shape index (κ1) is 26.1. The fraction of sp³-hybridized carbons (Fsp3) is 0.444. The van der Waals surface area contributed by atoms with E-state index >= 15 is 0 Å². The third-order valence-corrected chi connectivity index (χ3v) is 6.45. The van der Waals surface area contributed by atoms with Gasteiger partial charge in [-0.1, -0.05) is 45.0 Å². The lowest BCUT2D eigenvalue weighted by Crippen LogP contribution is -2.47. The molecule has 1 aliphatic heterocycles. The molecule has 2 aromatic heterocycles. The Morgan fingerprint density at radius 1 is 1.11 bits per heavy atom. The first-order valence-electron chi connectivity index (χ1n) is 12.4. The van der Waals surface area contributed by atoms with Crippen LogP contribution in [-0.2, 0) is 13.1 Å². The molecule has 3 aromatic rings. The van der Waals surface area contributed by atoms with Crippen LogP contribution in [0.1, 0.15) is 50.6 Å². The second-order valence-electron chi connectivity index (χ2n) is 10.7. The van der Waals surface area contributed by atoms with Crippen LogP contribution in [0.15, 0.2) is 41.2 Å². The molecule has 0 aliphatic carbocycles. The van der Waals surface area contributed by atoms with Crippen LogP contribution in [0, 0.1) is 16.7 Å². The van der Waals surface area contributed by atoms with E-state index in [0.29, 0.717) is 49.7 Å². The Morgan fingerprint density at radius 3 is 2.38 bits per heavy atom. The molecule has 10 nitrogen and oxygen atoms in total. The molecule has 0 saturated carbocycles. The van der Waals surface area contributed by atoms with E-state index in [1.807, 2.05) is 39.8 Å². The molecule has 37 heavy (non-hydrogen) atoms. The third-order valence-electron chi connectivity index (χ3n) is 6.45. The van der Waals surface area contributed by atoms with E-state index < -0.39 is 6.09 Å². The van der Waals surface area contributed by atoms with Gasteiger partial charge in [0.05, 0.1) is 11.4 Å². The van der Waals surface area contributed by atoms with Crippen LogP contribution in [0.5, 0.6) is 0 Å². The number of piperazine rings is 1. The van der Waals surface area contributed by atoms with Gasteiger partial charge in [-0.3, -0.25) is 14.3 Å². The van der Waals surface area contributed by atoms with Crippen LogP contribution in [0.3, 0.4) is 0 Å². The highest BCUT2D eigenvalue weighted by Gasteiger charge is 2.21. The monoisotopic (exact) mass is 503 g/mol. The Morgan fingerprint density at radius 2 is 1.78 bits per heavy atom. The molecule has 4 rings (SSSR count). The van der Waals surface area contributed by atoms with Crippen LogP contribution < -0.4 is 10.9 Å². The predicted molar refractivity (Wildman–Crippen MR) is 141 cm³/mol. The standard InChI is InChI=1S/C27H33N7O3/c1-18(20-7-5-19(6-8-20)16-32-11-13-33(14-12-32)26(36)37)29-25-30-22(15-28)21-9-10-23(35)34(24(21)31-25)17-27(2,3)4/h5-10,18H,11-14,16-17H2,1-4H3,(H,36,37)(H,29,30,31). The highest BCUT2D eigenvalue weighted by Crippen LogP contribution is 2.23. The number of nitrogens with one attached hydrogen (secondary N) is 1. The maximum atomic E-state index is 12.7. The summed E-state index contributed by atoms with van der Waals surface area (Å²) in [5.41, 5.74) is 2.54. The second-order valence-corrected chi connectivity index (χ2v) is 10.7. The average Bonchev–Trinajstić information content (AvgIpc) is 2.85. The highest BCUT2D eigenvalue weighted by molar-refractivity contribution is 5.81. The van der Waals surface area contributed by atoms with Gasteiger partial charge in [-0.05, 0) is 29.5 Å². The van der Waals surface area contributed by atoms with Gasteiger partial charge in [0, 0.05) is 45.3 Å². The van der Waals surface area contributed by atoms with Gasteiger partial charge < -0.3 is 15.3 Å². The third kappa shape index (κ3) is 6.24. The average molecular weight is 504 g/mol. The second kappa shape index (κ2) is 10.6. The van der Waals surface area contributed by atoms with Crippen molar-refractivity contribution in [3.8, 4) is 6.07 Å². The first-order valence-corrected chi connectivity index (χ1v) is 12.4. The van der Waals surface area contributed by atoms with Gasteiger partial charge in [0.2, 0.25) is 5.95 Å². The molecule has 0 spiro atoms. The van der Waals surface area contributed by atoms with Crippen molar-refractivity contribution in [1.82, 2.24) is 24.3 Å². The van der Waals surface area contributed by atoms with Crippen molar-refractivity contribution in [3.63, 3.8) is 0 Å². The van der Waals surface area contributed by atoms with E-state index in [0.717, 1.165) is 17.7 Å². The summed E-state index contributed by atoms with van der Waals surface area (Å²) in [6.07, 6.45) is -0.861. The molecule has 1 atom stereocenters. The van der Waals surface area contributed by atoms with E-state index in [2.05, 4.69) is 38.4 Å². The summed E-state index contributed by atoms with van der Waals surface area (Å²) >= 11 is 0. The first-order chi connectivity index (χ1) is 17.5. The van der Waals surface area contributed by atoms with E-state index in [4.69, 9.17) is 5.11 Å². The Hall–Kier alpha value is -3.97. The number of carbonyl (C=O) groups is 1. The molecule has 0 radical (unpaired) electrons. The topological polar surface area (TPSA) is 127 Å². The van der Waals surface area contributed by atoms with Crippen LogP contribution in [0.4, 0.5) is 10.7 Å². The number of rotatable bonds is 6. The van der Waals surface area contributed by atoms with Crippen molar-refractivity contribution < 1.29 is 9.90 Å². The molecule has 2 N–H and O–H groups in total. The molecular formula is C27H33N7O3. The number of pyridine rings is 1. The molecule has 3 heterocycles. The number of benzene rings is 1. The molecule has 1 aromatic carbocycles. The summed E-state index contributed by atoms with van der Waals surface area (Å²) < 4.78 is 1.61. The van der Waals surface area contributed by atoms with Gasteiger partial charge >= 0.3 is 6.09 Å².